The Morgan fingerprint density at radius 1 is 1.38 bits per heavy atom. The van der Waals surface area contributed by atoms with E-state index in [1.54, 1.807) is 13.8 Å². The number of hydrogen-bond donors (Lipinski definition) is 2. The van der Waals surface area contributed by atoms with Gasteiger partial charge in [0.25, 0.3) is 5.91 Å². The molecule has 1 amide bonds. The summed E-state index contributed by atoms with van der Waals surface area (Å²) in [6, 6.07) is 2.90. The summed E-state index contributed by atoms with van der Waals surface area (Å²) in [5.74, 6) is -2.59. The van der Waals surface area contributed by atoms with Crippen molar-refractivity contribution in [3.05, 3.63) is 29.8 Å². The number of hydrogen-bond acceptors (Lipinski definition) is 3. The number of nitrogens with one attached hydrogen (secondary N) is 2. The summed E-state index contributed by atoms with van der Waals surface area (Å²) in [4.78, 5) is 25.1. The van der Waals surface area contributed by atoms with Crippen LogP contribution >= 0.6 is 0 Å². The predicted octanol–water partition coefficient (Wildman–Crippen LogP) is 1.15. The van der Waals surface area contributed by atoms with Gasteiger partial charge in [0.15, 0.2) is 6.04 Å². The van der Waals surface area contributed by atoms with E-state index in [4.69, 9.17) is 4.74 Å². The number of halogens is 2. The summed E-state index contributed by atoms with van der Waals surface area (Å²) >= 11 is 0. The van der Waals surface area contributed by atoms with Crippen LogP contribution in [-0.4, -0.2) is 37.6 Å². The Morgan fingerprint density at radius 2 is 2.04 bits per heavy atom. The summed E-state index contributed by atoms with van der Waals surface area (Å²) in [6.07, 6.45) is 1.53. The number of carbonyl (C=O) groups is 2. The Kier molecular flexibility index (Phi) is 6.25. The van der Waals surface area contributed by atoms with E-state index in [2.05, 4.69) is 5.32 Å². The zero-order valence-corrected chi connectivity index (χ0v) is 13.9. The smallest absolute Gasteiger partial charge is 0.314 e. The summed E-state index contributed by atoms with van der Waals surface area (Å²) in [6.45, 7) is 4.98. The monoisotopic (exact) mass is 341 g/mol. The van der Waals surface area contributed by atoms with Crippen LogP contribution in [0.2, 0.25) is 0 Å². The van der Waals surface area contributed by atoms with Crippen molar-refractivity contribution >= 4 is 17.6 Å². The van der Waals surface area contributed by atoms with E-state index in [9.17, 15) is 18.4 Å². The summed E-state index contributed by atoms with van der Waals surface area (Å²) in [7, 11) is 0. The van der Waals surface area contributed by atoms with Crippen molar-refractivity contribution < 1.29 is 28.0 Å². The number of carbonyl (C=O) groups excluding carboxylic acids is 2. The van der Waals surface area contributed by atoms with Gasteiger partial charge in [0.05, 0.1) is 19.7 Å². The molecule has 1 saturated heterocycles. The van der Waals surface area contributed by atoms with E-state index >= 15 is 0 Å². The Bertz CT molecular complexity index is 589. The standard InChI is InChI=1S/C17H22F2N2O3/c1-3-24-17(23)12-6-5-9-21(10-12)11(2)16(22)20-15-13(18)7-4-8-14(15)19/h4,7-8,11-12H,3,5-6,9-10H2,1-2H3,(H,20,22)/p+1/t11-,12+/m0/s1. The molecule has 3 atom stereocenters. The van der Waals surface area contributed by atoms with Crippen LogP contribution in [0, 0.1) is 17.6 Å². The maximum absolute atomic E-state index is 13.6. The fourth-order valence-electron chi connectivity index (χ4n) is 2.98. The fourth-order valence-corrected chi connectivity index (χ4v) is 2.98. The van der Waals surface area contributed by atoms with Crippen LogP contribution in [0.3, 0.4) is 0 Å². The van der Waals surface area contributed by atoms with Gasteiger partial charge in [0.2, 0.25) is 0 Å². The molecule has 132 valence electrons. The SMILES string of the molecule is CCOC(=O)[C@@H]1CCC[NH+]([C@@H](C)C(=O)Nc2c(F)cccc2F)C1. The lowest BCUT2D eigenvalue weighted by Gasteiger charge is -2.32. The maximum Gasteiger partial charge on any atom is 0.314 e. The first-order chi connectivity index (χ1) is 11.4. The number of anilines is 1. The molecule has 0 aliphatic carbocycles. The predicted molar refractivity (Wildman–Crippen MR) is 84.5 cm³/mol. The van der Waals surface area contributed by atoms with Gasteiger partial charge < -0.3 is 15.0 Å². The normalized spacial score (nSPS) is 21.8. The molecule has 0 saturated carbocycles. The number of esters is 1. The van der Waals surface area contributed by atoms with Crippen LogP contribution in [0.25, 0.3) is 0 Å². The molecule has 0 aromatic heterocycles. The summed E-state index contributed by atoms with van der Waals surface area (Å²) < 4.78 is 32.3. The highest BCUT2D eigenvalue weighted by Gasteiger charge is 2.35. The molecule has 2 N–H and O–H groups in total. The number of ether oxygens (including phenoxy) is 1. The average molecular weight is 341 g/mol. The minimum absolute atomic E-state index is 0.242. The third kappa shape index (κ3) is 4.29. The van der Waals surface area contributed by atoms with Gasteiger partial charge in [-0.15, -0.1) is 0 Å². The lowest BCUT2D eigenvalue weighted by Crippen LogP contribution is -3.18. The molecule has 1 unspecified atom stereocenters. The van der Waals surface area contributed by atoms with Gasteiger partial charge in [-0.1, -0.05) is 6.07 Å². The van der Waals surface area contributed by atoms with Crippen LogP contribution < -0.4 is 10.2 Å². The van der Waals surface area contributed by atoms with E-state index in [1.807, 2.05) is 0 Å². The second-order valence-electron chi connectivity index (χ2n) is 6.01. The number of piperidine rings is 1. The molecule has 1 aliphatic heterocycles. The third-order valence-electron chi connectivity index (χ3n) is 4.40. The van der Waals surface area contributed by atoms with Crippen molar-refractivity contribution in [2.75, 3.05) is 25.0 Å². The molecule has 7 heteroatoms. The first-order valence-corrected chi connectivity index (χ1v) is 8.20. The molecular formula is C17H23F2N2O3+. The lowest BCUT2D eigenvalue weighted by atomic mass is 9.97. The molecule has 2 rings (SSSR count). The zero-order valence-electron chi connectivity index (χ0n) is 13.9. The quantitative estimate of drug-likeness (QED) is 0.790. The molecule has 1 fully saturated rings. The highest BCUT2D eigenvalue weighted by atomic mass is 19.1. The molecule has 5 nitrogen and oxygen atoms in total. The molecule has 24 heavy (non-hydrogen) atoms. The minimum Gasteiger partial charge on any atom is -0.466 e. The number of benzene rings is 1. The van der Waals surface area contributed by atoms with Crippen LogP contribution in [0.15, 0.2) is 18.2 Å². The minimum atomic E-state index is -0.811. The van der Waals surface area contributed by atoms with Crippen LogP contribution in [0.5, 0.6) is 0 Å². The summed E-state index contributed by atoms with van der Waals surface area (Å²) in [5.41, 5.74) is -0.437. The van der Waals surface area contributed by atoms with Crippen molar-refractivity contribution in [2.24, 2.45) is 5.92 Å². The Morgan fingerprint density at radius 3 is 2.67 bits per heavy atom. The van der Waals surface area contributed by atoms with Gasteiger partial charge in [0.1, 0.15) is 23.2 Å². The number of rotatable bonds is 5. The van der Waals surface area contributed by atoms with Crippen molar-refractivity contribution in [1.29, 1.82) is 0 Å². The fraction of sp³-hybridized carbons (Fsp3) is 0.529. The van der Waals surface area contributed by atoms with E-state index in [1.165, 1.54) is 6.07 Å². The molecular weight excluding hydrogens is 318 g/mol. The second-order valence-corrected chi connectivity index (χ2v) is 6.01. The molecule has 1 aliphatic rings. The van der Waals surface area contributed by atoms with Gasteiger partial charge >= 0.3 is 5.97 Å². The molecule has 1 aromatic rings. The zero-order chi connectivity index (χ0) is 17.7. The Hall–Kier alpha value is -2.02. The highest BCUT2D eigenvalue weighted by molar-refractivity contribution is 5.93. The van der Waals surface area contributed by atoms with E-state index < -0.39 is 29.3 Å². The topological polar surface area (TPSA) is 59.8 Å². The lowest BCUT2D eigenvalue weighted by molar-refractivity contribution is -0.921. The van der Waals surface area contributed by atoms with Gasteiger partial charge in [-0.05, 0) is 38.8 Å². The second kappa shape index (κ2) is 8.19. The first kappa shape index (κ1) is 18.3. The molecule has 0 radical (unpaired) electrons. The van der Waals surface area contributed by atoms with Gasteiger partial charge in [0, 0.05) is 0 Å². The number of amides is 1. The van der Waals surface area contributed by atoms with E-state index in [-0.39, 0.29) is 11.9 Å². The molecule has 1 aromatic carbocycles. The third-order valence-corrected chi connectivity index (χ3v) is 4.40. The van der Waals surface area contributed by atoms with Gasteiger partial charge in [-0.25, -0.2) is 8.78 Å². The number of likely N-dealkylation sites (tertiary alicyclic amines) is 1. The van der Waals surface area contributed by atoms with E-state index in [0.29, 0.717) is 13.2 Å². The molecule has 1 heterocycles. The number of quaternary nitrogens is 1. The van der Waals surface area contributed by atoms with E-state index in [0.717, 1.165) is 36.4 Å². The van der Waals surface area contributed by atoms with Crippen molar-refractivity contribution in [3.63, 3.8) is 0 Å². The van der Waals surface area contributed by atoms with Gasteiger partial charge in [-0.3, -0.25) is 9.59 Å². The Balaban J connectivity index is 2.01. The molecule has 0 spiro atoms. The highest BCUT2D eigenvalue weighted by Crippen LogP contribution is 2.18. The van der Waals surface area contributed by atoms with Crippen molar-refractivity contribution in [3.8, 4) is 0 Å². The van der Waals surface area contributed by atoms with Crippen LogP contribution in [0.1, 0.15) is 26.7 Å². The van der Waals surface area contributed by atoms with Crippen LogP contribution in [-0.2, 0) is 14.3 Å². The van der Waals surface area contributed by atoms with Crippen LogP contribution in [0.4, 0.5) is 14.5 Å². The first-order valence-electron chi connectivity index (χ1n) is 8.20. The van der Waals surface area contributed by atoms with Crippen molar-refractivity contribution in [2.45, 2.75) is 32.7 Å². The van der Waals surface area contributed by atoms with Gasteiger partial charge in [-0.2, -0.15) is 0 Å². The maximum atomic E-state index is 13.6. The van der Waals surface area contributed by atoms with Crippen molar-refractivity contribution in [1.82, 2.24) is 0 Å². The summed E-state index contributed by atoms with van der Waals surface area (Å²) in [5, 5.41) is 2.32. The average Bonchev–Trinajstić information content (AvgIpc) is 2.57. The number of para-hydroxylation sites is 1. The Labute approximate surface area is 140 Å². The largest absolute Gasteiger partial charge is 0.466 e. The molecule has 0 bridgehead atoms.